The van der Waals surface area contributed by atoms with E-state index in [4.69, 9.17) is 6.42 Å². The molecule has 0 N–H and O–H groups in total. The molecule has 0 aliphatic heterocycles. The summed E-state index contributed by atoms with van der Waals surface area (Å²) in [5.74, 6) is 2.44. The summed E-state index contributed by atoms with van der Waals surface area (Å²) in [7, 11) is 0. The van der Waals surface area contributed by atoms with Crippen LogP contribution in [0.25, 0.3) is 0 Å². The van der Waals surface area contributed by atoms with Crippen LogP contribution in [-0.4, -0.2) is 6.18 Å². The van der Waals surface area contributed by atoms with E-state index >= 15 is 0 Å². The predicted octanol–water partition coefficient (Wildman–Crippen LogP) is 2.35. The van der Waals surface area contributed by atoms with Crippen LogP contribution in [0.3, 0.4) is 0 Å². The largest absolute Gasteiger partial charge is 0.394 e. The Hall–Kier alpha value is -0.650. The van der Waals surface area contributed by atoms with Crippen molar-refractivity contribution in [3.63, 3.8) is 0 Å². The molecule has 3 saturated carbocycles. The molecule has 0 unspecified atom stereocenters. The second kappa shape index (κ2) is 1.43. The first-order valence-corrected chi connectivity index (χ1v) is 3.48. The van der Waals surface area contributed by atoms with E-state index in [-0.39, 0.29) is 24.7 Å². The van der Waals surface area contributed by atoms with E-state index in [0.29, 0.717) is 0 Å². The highest BCUT2D eigenvalue weighted by molar-refractivity contribution is 5.30. The Balaban J connectivity index is 2.12. The molecule has 0 heterocycles. The highest BCUT2D eigenvalue weighted by atomic mass is 19.4. The molecule has 3 rings (SSSR count). The summed E-state index contributed by atoms with van der Waals surface area (Å²) in [6.45, 7) is 0. The van der Waals surface area contributed by atoms with Crippen LogP contribution in [0.15, 0.2) is 0 Å². The second-order valence-electron chi connectivity index (χ2n) is 3.73. The van der Waals surface area contributed by atoms with E-state index in [2.05, 4.69) is 5.92 Å². The molecule has 0 atom stereocenters. The van der Waals surface area contributed by atoms with Gasteiger partial charge in [-0.15, -0.1) is 6.42 Å². The number of terminal acetylenes is 1. The van der Waals surface area contributed by atoms with Gasteiger partial charge in [-0.1, -0.05) is 5.92 Å². The molecule has 0 amide bonds. The Morgan fingerprint density at radius 1 is 1.18 bits per heavy atom. The predicted molar refractivity (Wildman–Crippen MR) is 33.6 cm³/mol. The number of halogens is 3. The van der Waals surface area contributed by atoms with Crippen molar-refractivity contribution in [2.45, 2.75) is 25.4 Å². The fourth-order valence-electron chi connectivity index (χ4n) is 2.24. The molecule has 0 aromatic carbocycles. The molecule has 3 aliphatic rings. The molecule has 3 fully saturated rings. The third-order valence-electron chi connectivity index (χ3n) is 2.94. The molecular weight excluding hydrogens is 153 g/mol. The lowest BCUT2D eigenvalue weighted by Crippen LogP contribution is -2.67. The SMILES string of the molecule is C#CC12CC(C(F)(F)F)(C1)C2. The van der Waals surface area contributed by atoms with E-state index in [0.717, 1.165) is 0 Å². The van der Waals surface area contributed by atoms with Crippen LogP contribution in [0.4, 0.5) is 13.2 Å². The Morgan fingerprint density at radius 3 is 1.91 bits per heavy atom. The van der Waals surface area contributed by atoms with Gasteiger partial charge in [-0.25, -0.2) is 0 Å². The topological polar surface area (TPSA) is 0 Å². The minimum Gasteiger partial charge on any atom is -0.171 e. The Kier molecular flexibility index (Phi) is 0.913. The normalized spacial score (nSPS) is 47.1. The molecular formula is C8H7F3. The van der Waals surface area contributed by atoms with Crippen molar-refractivity contribution in [3.05, 3.63) is 0 Å². The van der Waals surface area contributed by atoms with Crippen LogP contribution in [0, 0.1) is 23.2 Å². The molecule has 60 valence electrons. The number of hydrogen-bond donors (Lipinski definition) is 0. The van der Waals surface area contributed by atoms with Gasteiger partial charge in [0.25, 0.3) is 0 Å². The lowest BCUT2D eigenvalue weighted by Gasteiger charge is -2.68. The van der Waals surface area contributed by atoms with Crippen LogP contribution in [-0.2, 0) is 0 Å². The van der Waals surface area contributed by atoms with Crippen LogP contribution >= 0.6 is 0 Å². The fourth-order valence-corrected chi connectivity index (χ4v) is 2.24. The van der Waals surface area contributed by atoms with Gasteiger partial charge >= 0.3 is 6.18 Å². The van der Waals surface area contributed by atoms with E-state index in [9.17, 15) is 13.2 Å². The first kappa shape index (κ1) is 7.02. The zero-order valence-electron chi connectivity index (χ0n) is 5.83. The number of alkyl halides is 3. The van der Waals surface area contributed by atoms with E-state index in [1.165, 1.54) is 0 Å². The molecule has 2 bridgehead atoms. The molecule has 0 aromatic rings. The average molecular weight is 160 g/mol. The van der Waals surface area contributed by atoms with Crippen molar-refractivity contribution in [2.75, 3.05) is 0 Å². The molecule has 0 radical (unpaired) electrons. The molecule has 0 saturated heterocycles. The molecule has 11 heavy (non-hydrogen) atoms. The number of hydrogen-bond acceptors (Lipinski definition) is 0. The Morgan fingerprint density at radius 2 is 1.64 bits per heavy atom. The summed E-state index contributed by atoms with van der Waals surface area (Å²) in [4.78, 5) is 0. The standard InChI is InChI=1S/C8H7F3/c1-2-6-3-7(4-6,5-6)8(9,10)11/h1H,3-5H2. The van der Waals surface area contributed by atoms with Gasteiger partial charge < -0.3 is 0 Å². The van der Waals surface area contributed by atoms with Gasteiger partial charge in [0.1, 0.15) is 0 Å². The second-order valence-corrected chi connectivity index (χ2v) is 3.73. The minimum atomic E-state index is -4.02. The molecule has 0 nitrogen and oxygen atoms in total. The third kappa shape index (κ3) is 0.586. The quantitative estimate of drug-likeness (QED) is 0.477. The van der Waals surface area contributed by atoms with Crippen LogP contribution in [0.5, 0.6) is 0 Å². The van der Waals surface area contributed by atoms with Gasteiger partial charge in [-0.2, -0.15) is 13.2 Å². The average Bonchev–Trinajstić information content (AvgIpc) is 1.53. The van der Waals surface area contributed by atoms with Crippen molar-refractivity contribution in [2.24, 2.45) is 10.8 Å². The maximum Gasteiger partial charge on any atom is 0.394 e. The maximum absolute atomic E-state index is 12.2. The lowest BCUT2D eigenvalue weighted by atomic mass is 9.35. The van der Waals surface area contributed by atoms with Crippen molar-refractivity contribution in [3.8, 4) is 12.3 Å². The smallest absolute Gasteiger partial charge is 0.171 e. The zero-order chi connectivity index (χ0) is 8.33. The van der Waals surface area contributed by atoms with Crippen molar-refractivity contribution in [1.29, 1.82) is 0 Å². The van der Waals surface area contributed by atoms with Crippen molar-refractivity contribution >= 4 is 0 Å². The van der Waals surface area contributed by atoms with Gasteiger partial charge in [0.15, 0.2) is 0 Å². The Labute approximate surface area is 62.8 Å². The summed E-state index contributed by atoms with van der Waals surface area (Å²) in [5, 5.41) is 0. The van der Waals surface area contributed by atoms with E-state index < -0.39 is 11.6 Å². The molecule has 0 spiro atoms. The van der Waals surface area contributed by atoms with Gasteiger partial charge in [-0.3, -0.25) is 0 Å². The van der Waals surface area contributed by atoms with Crippen LogP contribution in [0.2, 0.25) is 0 Å². The van der Waals surface area contributed by atoms with Gasteiger partial charge in [0, 0.05) is 5.41 Å². The summed E-state index contributed by atoms with van der Waals surface area (Å²) in [5.41, 5.74) is -1.74. The maximum atomic E-state index is 12.2. The Bertz CT molecular complexity index is 223. The highest BCUT2D eigenvalue weighted by Gasteiger charge is 2.78. The van der Waals surface area contributed by atoms with Crippen LogP contribution < -0.4 is 0 Å². The zero-order valence-corrected chi connectivity index (χ0v) is 5.83. The summed E-state index contributed by atoms with van der Waals surface area (Å²) in [6.07, 6.45) is 1.57. The van der Waals surface area contributed by atoms with Gasteiger partial charge in [0.2, 0.25) is 0 Å². The lowest BCUT2D eigenvalue weighted by molar-refractivity contribution is -0.346. The minimum absolute atomic E-state index is 0.167. The number of rotatable bonds is 0. The molecule has 0 aromatic heterocycles. The fraction of sp³-hybridized carbons (Fsp3) is 0.750. The summed E-state index contributed by atoms with van der Waals surface area (Å²) < 4.78 is 36.5. The van der Waals surface area contributed by atoms with E-state index in [1.54, 1.807) is 0 Å². The third-order valence-corrected chi connectivity index (χ3v) is 2.94. The molecule has 3 heteroatoms. The summed E-state index contributed by atoms with van der Waals surface area (Å²) in [6, 6.07) is 0. The molecule has 3 aliphatic carbocycles. The first-order valence-electron chi connectivity index (χ1n) is 3.48. The monoisotopic (exact) mass is 160 g/mol. The highest BCUT2D eigenvalue weighted by Crippen LogP contribution is 2.78. The van der Waals surface area contributed by atoms with Gasteiger partial charge in [0.05, 0.1) is 5.41 Å². The van der Waals surface area contributed by atoms with Crippen LogP contribution in [0.1, 0.15) is 19.3 Å². The van der Waals surface area contributed by atoms with Gasteiger partial charge in [-0.05, 0) is 19.3 Å². The van der Waals surface area contributed by atoms with Crippen molar-refractivity contribution < 1.29 is 13.2 Å². The van der Waals surface area contributed by atoms with Crippen molar-refractivity contribution in [1.82, 2.24) is 0 Å². The summed E-state index contributed by atoms with van der Waals surface area (Å²) >= 11 is 0. The van der Waals surface area contributed by atoms with E-state index in [1.807, 2.05) is 0 Å². The first-order chi connectivity index (χ1) is 4.93.